The predicted octanol–water partition coefficient (Wildman–Crippen LogP) is 3.11. The third-order valence-electron chi connectivity index (χ3n) is 4.01. The molecule has 23 heavy (non-hydrogen) atoms. The first kappa shape index (κ1) is 17.0. The molecule has 122 valence electrons. The van der Waals surface area contributed by atoms with Crippen LogP contribution in [0.5, 0.6) is 0 Å². The zero-order valence-corrected chi connectivity index (χ0v) is 13.5. The number of nitrogens with one attached hydrogen (secondary N) is 2. The minimum atomic E-state index is -0.835. The van der Waals surface area contributed by atoms with E-state index < -0.39 is 5.60 Å². The Morgan fingerprint density at radius 3 is 2.17 bits per heavy atom. The monoisotopic (exact) mass is 313 g/mol. The van der Waals surface area contributed by atoms with E-state index in [1.807, 2.05) is 38.1 Å². The third-order valence-corrected chi connectivity index (χ3v) is 4.01. The van der Waals surface area contributed by atoms with Crippen molar-refractivity contribution >= 4 is 17.3 Å². The Morgan fingerprint density at radius 2 is 1.61 bits per heavy atom. The molecule has 0 unspecified atom stereocenters. The molecule has 0 saturated carbocycles. The zero-order valence-electron chi connectivity index (χ0n) is 13.5. The molecular weight excluding hydrogens is 290 g/mol. The topological polar surface area (TPSA) is 74.2 Å². The second-order valence-electron chi connectivity index (χ2n) is 5.55. The fourth-order valence-electron chi connectivity index (χ4n) is 2.15. The molecule has 1 aromatic heterocycles. The second-order valence-corrected chi connectivity index (χ2v) is 5.55. The summed E-state index contributed by atoms with van der Waals surface area (Å²) < 4.78 is 0. The lowest BCUT2D eigenvalue weighted by Crippen LogP contribution is -2.42. The van der Waals surface area contributed by atoms with Crippen molar-refractivity contribution in [3.63, 3.8) is 0 Å². The summed E-state index contributed by atoms with van der Waals surface area (Å²) in [5.41, 5.74) is 1.57. The highest BCUT2D eigenvalue weighted by Crippen LogP contribution is 2.17. The van der Waals surface area contributed by atoms with Gasteiger partial charge in [-0.3, -0.25) is 9.78 Å². The molecule has 5 nitrogen and oxygen atoms in total. The van der Waals surface area contributed by atoms with Gasteiger partial charge in [-0.05, 0) is 49.2 Å². The maximum Gasteiger partial charge on any atom is 0.251 e. The van der Waals surface area contributed by atoms with Crippen molar-refractivity contribution in [2.24, 2.45) is 0 Å². The van der Waals surface area contributed by atoms with Crippen LogP contribution in [0, 0.1) is 0 Å². The normalized spacial score (nSPS) is 11.1. The number of anilines is 2. The van der Waals surface area contributed by atoms with Gasteiger partial charge < -0.3 is 15.7 Å². The Bertz CT molecular complexity index is 622. The predicted molar refractivity (Wildman–Crippen MR) is 91.8 cm³/mol. The molecule has 1 amide bonds. The Balaban J connectivity index is 1.95. The number of carbonyl (C=O) groups excluding carboxylic acids is 1. The minimum absolute atomic E-state index is 0.180. The van der Waals surface area contributed by atoms with Crippen LogP contribution in [0.2, 0.25) is 0 Å². The van der Waals surface area contributed by atoms with Gasteiger partial charge >= 0.3 is 0 Å². The van der Waals surface area contributed by atoms with Crippen molar-refractivity contribution < 1.29 is 9.90 Å². The van der Waals surface area contributed by atoms with Crippen molar-refractivity contribution in [1.82, 2.24) is 10.3 Å². The van der Waals surface area contributed by atoms with Gasteiger partial charge in [-0.15, -0.1) is 0 Å². The van der Waals surface area contributed by atoms with Gasteiger partial charge in [0.2, 0.25) is 0 Å². The molecule has 0 atom stereocenters. The lowest BCUT2D eigenvalue weighted by atomic mass is 9.97. The molecule has 1 aromatic carbocycles. The molecule has 0 saturated heterocycles. The molecule has 3 N–H and O–H groups in total. The van der Waals surface area contributed by atoms with Gasteiger partial charge in [-0.1, -0.05) is 13.8 Å². The summed E-state index contributed by atoms with van der Waals surface area (Å²) in [5.74, 6) is -0.180. The van der Waals surface area contributed by atoms with E-state index in [9.17, 15) is 9.90 Å². The van der Waals surface area contributed by atoms with Crippen LogP contribution >= 0.6 is 0 Å². The van der Waals surface area contributed by atoms with E-state index in [0.29, 0.717) is 18.4 Å². The Kier molecular flexibility index (Phi) is 5.71. The molecule has 0 bridgehead atoms. The number of hydrogen-bond acceptors (Lipinski definition) is 4. The fraction of sp³-hybridized carbons (Fsp3) is 0.333. The molecule has 1 heterocycles. The highest BCUT2D eigenvalue weighted by atomic mass is 16.3. The van der Waals surface area contributed by atoms with E-state index in [1.54, 1.807) is 24.5 Å². The quantitative estimate of drug-likeness (QED) is 0.734. The smallest absolute Gasteiger partial charge is 0.251 e. The first-order chi connectivity index (χ1) is 11.1. The van der Waals surface area contributed by atoms with Crippen molar-refractivity contribution in [2.45, 2.75) is 32.3 Å². The standard InChI is InChI=1S/C18H23N3O2/c1-3-18(23,4-2)13-20-17(22)14-5-7-15(8-6-14)21-16-9-11-19-12-10-16/h5-12,23H,3-4,13H2,1-2H3,(H,19,21)(H,20,22). The number of hydrogen-bond donors (Lipinski definition) is 3. The van der Waals surface area contributed by atoms with E-state index in [2.05, 4.69) is 15.6 Å². The minimum Gasteiger partial charge on any atom is -0.388 e. The number of aromatic nitrogens is 1. The van der Waals surface area contributed by atoms with E-state index in [4.69, 9.17) is 0 Å². The van der Waals surface area contributed by atoms with Gasteiger partial charge in [0.1, 0.15) is 0 Å². The molecule has 0 aliphatic rings. The summed E-state index contributed by atoms with van der Waals surface area (Å²) in [4.78, 5) is 16.1. The van der Waals surface area contributed by atoms with Crippen LogP contribution < -0.4 is 10.6 Å². The number of nitrogens with zero attached hydrogens (tertiary/aromatic N) is 1. The van der Waals surface area contributed by atoms with Crippen molar-refractivity contribution in [1.29, 1.82) is 0 Å². The Morgan fingerprint density at radius 1 is 1.04 bits per heavy atom. The summed E-state index contributed by atoms with van der Waals surface area (Å²) in [5, 5.41) is 16.2. The van der Waals surface area contributed by atoms with Gasteiger partial charge in [0.05, 0.1) is 5.60 Å². The molecule has 0 aliphatic carbocycles. The highest BCUT2D eigenvalue weighted by molar-refractivity contribution is 5.94. The lowest BCUT2D eigenvalue weighted by Gasteiger charge is -2.25. The van der Waals surface area contributed by atoms with Crippen LogP contribution in [0.3, 0.4) is 0 Å². The van der Waals surface area contributed by atoms with Gasteiger partial charge in [-0.25, -0.2) is 0 Å². The van der Waals surface area contributed by atoms with Crippen LogP contribution in [-0.2, 0) is 0 Å². The highest BCUT2D eigenvalue weighted by Gasteiger charge is 2.22. The number of pyridine rings is 1. The average Bonchev–Trinajstić information content (AvgIpc) is 2.61. The molecule has 0 radical (unpaired) electrons. The van der Waals surface area contributed by atoms with E-state index in [-0.39, 0.29) is 12.5 Å². The molecular formula is C18H23N3O2. The fourth-order valence-corrected chi connectivity index (χ4v) is 2.15. The van der Waals surface area contributed by atoms with Crippen molar-refractivity contribution in [2.75, 3.05) is 11.9 Å². The SMILES string of the molecule is CCC(O)(CC)CNC(=O)c1ccc(Nc2ccncc2)cc1. The van der Waals surface area contributed by atoms with Crippen LogP contribution in [-0.4, -0.2) is 28.1 Å². The maximum absolute atomic E-state index is 12.1. The lowest BCUT2D eigenvalue weighted by molar-refractivity contribution is 0.0314. The van der Waals surface area contributed by atoms with Crippen LogP contribution in [0.1, 0.15) is 37.0 Å². The number of aliphatic hydroxyl groups is 1. The van der Waals surface area contributed by atoms with Gasteiger partial charge in [0.15, 0.2) is 0 Å². The molecule has 2 rings (SSSR count). The summed E-state index contributed by atoms with van der Waals surface area (Å²) in [6.45, 7) is 4.08. The maximum atomic E-state index is 12.1. The number of amides is 1. The molecule has 0 aliphatic heterocycles. The Labute approximate surface area is 136 Å². The first-order valence-electron chi connectivity index (χ1n) is 7.84. The number of rotatable bonds is 7. The van der Waals surface area contributed by atoms with E-state index in [1.165, 1.54) is 0 Å². The summed E-state index contributed by atoms with van der Waals surface area (Å²) >= 11 is 0. The second kappa shape index (κ2) is 7.74. The van der Waals surface area contributed by atoms with Crippen LogP contribution in [0.4, 0.5) is 11.4 Å². The van der Waals surface area contributed by atoms with Gasteiger partial charge in [-0.2, -0.15) is 0 Å². The van der Waals surface area contributed by atoms with Gasteiger partial charge in [0, 0.05) is 35.9 Å². The third kappa shape index (κ3) is 4.79. The first-order valence-corrected chi connectivity index (χ1v) is 7.84. The van der Waals surface area contributed by atoms with Crippen molar-refractivity contribution in [3.05, 3.63) is 54.4 Å². The Hall–Kier alpha value is -2.40. The van der Waals surface area contributed by atoms with E-state index in [0.717, 1.165) is 11.4 Å². The summed E-state index contributed by atoms with van der Waals surface area (Å²) in [6, 6.07) is 11.0. The molecule has 0 fully saturated rings. The largest absolute Gasteiger partial charge is 0.388 e. The van der Waals surface area contributed by atoms with Crippen molar-refractivity contribution in [3.8, 4) is 0 Å². The van der Waals surface area contributed by atoms with E-state index >= 15 is 0 Å². The molecule has 2 aromatic rings. The number of carbonyl (C=O) groups is 1. The van der Waals surface area contributed by atoms with Crippen LogP contribution in [0.15, 0.2) is 48.8 Å². The molecule has 5 heteroatoms. The van der Waals surface area contributed by atoms with Gasteiger partial charge in [0.25, 0.3) is 5.91 Å². The summed E-state index contributed by atoms with van der Waals surface area (Å²) in [7, 11) is 0. The molecule has 0 spiro atoms. The summed E-state index contributed by atoms with van der Waals surface area (Å²) in [6.07, 6.45) is 4.65. The van der Waals surface area contributed by atoms with Crippen LogP contribution in [0.25, 0.3) is 0 Å². The zero-order chi connectivity index (χ0) is 16.7. The average molecular weight is 313 g/mol. The number of benzene rings is 1.